The average Bonchev–Trinajstić information content (AvgIpc) is 3.22. The summed E-state index contributed by atoms with van der Waals surface area (Å²) in [6.07, 6.45) is 0. The van der Waals surface area contributed by atoms with Crippen LogP contribution >= 0.6 is 23.2 Å². The summed E-state index contributed by atoms with van der Waals surface area (Å²) in [6.45, 7) is 12.1. The Balaban J connectivity index is 0.000000217. The Labute approximate surface area is 335 Å². The number of hydrogen-bond donors (Lipinski definition) is 3. The normalized spacial score (nSPS) is 15.8. The largest absolute Gasteiger partial charge is 0.393 e. The molecule has 0 saturated carbocycles. The van der Waals surface area contributed by atoms with E-state index < -0.39 is 0 Å². The average molecular weight is 785 g/mol. The lowest BCUT2D eigenvalue weighted by Crippen LogP contribution is -2.45. The number of azo groups is 1. The van der Waals surface area contributed by atoms with Crippen LogP contribution in [0, 0.1) is 0 Å². The topological polar surface area (TPSA) is 139 Å². The lowest BCUT2D eigenvalue weighted by atomic mass is 10.2. The summed E-state index contributed by atoms with van der Waals surface area (Å²) in [5.74, 6) is 2.33. The first-order chi connectivity index (χ1) is 26.8. The molecule has 0 atom stereocenters. The quantitative estimate of drug-likeness (QED) is 0.0878. The van der Waals surface area contributed by atoms with Gasteiger partial charge in [-0.1, -0.05) is 102 Å². The molecular weight excluding hydrogens is 733 g/mol. The number of piperazine rings is 2. The third kappa shape index (κ3) is 11.9. The summed E-state index contributed by atoms with van der Waals surface area (Å²) in [5, 5.41) is 16.0. The Morgan fingerprint density at radius 3 is 1.53 bits per heavy atom. The highest BCUT2D eigenvalue weighted by Gasteiger charge is 2.18. The molecule has 2 saturated heterocycles. The van der Waals surface area contributed by atoms with Gasteiger partial charge < -0.3 is 26.2 Å². The number of halogens is 2. The second-order valence-corrected chi connectivity index (χ2v) is 14.3. The van der Waals surface area contributed by atoms with Gasteiger partial charge in [-0.2, -0.15) is 5.11 Å². The van der Waals surface area contributed by atoms with Crippen LogP contribution in [0.25, 0.3) is 22.8 Å². The molecule has 0 unspecified atom stereocenters. The van der Waals surface area contributed by atoms with Gasteiger partial charge in [0.1, 0.15) is 5.69 Å². The lowest BCUT2D eigenvalue weighted by Gasteiger charge is -2.32. The number of rotatable bonds is 12. The van der Waals surface area contributed by atoms with E-state index in [1.54, 1.807) is 0 Å². The standard InChI is InChI=1S/C23H26ClN7.C17H23ClN6.H2/c1-30-14-16-31(17-15-30)13-12-25-23-20(29-28-19-10-6-3-7-11-19)21(24)26-22(27-23)18-8-4-2-5-9-18;1-23-9-11-24(12-10-23)8-7-20-17-14(19)15(18)21-16(22-17)13-5-3-2-4-6-13;/h2-11H,12-17H2,1H3,(H,25,26,27);2-6H,7-12,19H2,1H3,(H,20,21,22);1H. The van der Waals surface area contributed by atoms with Gasteiger partial charge in [0, 0.05) is 91.1 Å². The van der Waals surface area contributed by atoms with Crippen LogP contribution in [0.4, 0.5) is 28.7 Å². The first-order valence-corrected chi connectivity index (χ1v) is 19.4. The molecule has 13 nitrogen and oxygen atoms in total. The number of nitrogens with one attached hydrogen (secondary N) is 2. The minimum atomic E-state index is 0. The third-order valence-corrected chi connectivity index (χ3v) is 10.0. The number of anilines is 3. The Morgan fingerprint density at radius 1 is 0.582 bits per heavy atom. The van der Waals surface area contributed by atoms with Crippen LogP contribution in [0.1, 0.15) is 1.43 Å². The molecule has 55 heavy (non-hydrogen) atoms. The minimum Gasteiger partial charge on any atom is -0.393 e. The zero-order valence-electron chi connectivity index (χ0n) is 31.5. The van der Waals surface area contributed by atoms with Crippen LogP contribution in [0.2, 0.25) is 10.3 Å². The zero-order chi connectivity index (χ0) is 38.4. The summed E-state index contributed by atoms with van der Waals surface area (Å²) in [5.41, 5.74) is 9.44. The summed E-state index contributed by atoms with van der Waals surface area (Å²) < 4.78 is 0. The fourth-order valence-electron chi connectivity index (χ4n) is 6.06. The van der Waals surface area contributed by atoms with Crippen molar-refractivity contribution < 1.29 is 1.43 Å². The van der Waals surface area contributed by atoms with Crippen molar-refractivity contribution in [3.63, 3.8) is 0 Å². The summed E-state index contributed by atoms with van der Waals surface area (Å²) in [6, 6.07) is 29.1. The predicted octanol–water partition coefficient (Wildman–Crippen LogP) is 7.16. The maximum absolute atomic E-state index is 6.53. The Morgan fingerprint density at radius 2 is 1.02 bits per heavy atom. The number of hydrogen-bond acceptors (Lipinski definition) is 13. The minimum absolute atomic E-state index is 0. The molecule has 5 aromatic rings. The molecule has 2 aromatic heterocycles. The van der Waals surface area contributed by atoms with Crippen molar-refractivity contribution in [3.05, 3.63) is 101 Å². The molecule has 0 aliphatic carbocycles. The van der Waals surface area contributed by atoms with Crippen LogP contribution in [0.5, 0.6) is 0 Å². The number of nitrogens with zero attached hydrogens (tertiary/aromatic N) is 10. The van der Waals surface area contributed by atoms with Gasteiger partial charge in [0.15, 0.2) is 39.3 Å². The van der Waals surface area contributed by atoms with Crippen LogP contribution in [0.3, 0.4) is 0 Å². The molecule has 0 amide bonds. The zero-order valence-corrected chi connectivity index (χ0v) is 33.0. The van der Waals surface area contributed by atoms with Crippen molar-refractivity contribution in [2.75, 3.05) is 109 Å². The van der Waals surface area contributed by atoms with Crippen molar-refractivity contribution in [1.29, 1.82) is 0 Å². The van der Waals surface area contributed by atoms with E-state index in [2.05, 4.69) is 69.5 Å². The molecular formula is C40H51Cl2N13. The Hall–Kier alpha value is -4.76. The molecule has 2 fully saturated rings. The Kier molecular flexibility index (Phi) is 14.7. The van der Waals surface area contributed by atoms with Gasteiger partial charge in [0.05, 0.1) is 5.69 Å². The number of nitrogen functional groups attached to an aromatic ring is 1. The number of benzene rings is 3. The molecule has 4 heterocycles. The lowest BCUT2D eigenvalue weighted by molar-refractivity contribution is 0.158. The number of nitrogens with two attached hydrogens (primary N) is 1. The molecule has 2 aliphatic heterocycles. The fraction of sp³-hybridized carbons (Fsp3) is 0.350. The molecule has 2 aliphatic rings. The molecule has 15 heteroatoms. The van der Waals surface area contributed by atoms with Crippen LogP contribution in [0.15, 0.2) is 101 Å². The molecule has 3 aromatic carbocycles. The van der Waals surface area contributed by atoms with Crippen LogP contribution in [-0.2, 0) is 0 Å². The molecule has 0 bridgehead atoms. The van der Waals surface area contributed by atoms with E-state index in [0.717, 1.165) is 95.4 Å². The smallest absolute Gasteiger partial charge is 0.165 e. The van der Waals surface area contributed by atoms with E-state index in [1.807, 2.05) is 91.0 Å². The van der Waals surface area contributed by atoms with Gasteiger partial charge >= 0.3 is 0 Å². The second-order valence-electron chi connectivity index (χ2n) is 13.5. The maximum Gasteiger partial charge on any atom is 0.165 e. The van der Waals surface area contributed by atoms with Gasteiger partial charge in [0.2, 0.25) is 0 Å². The molecule has 0 radical (unpaired) electrons. The molecule has 7 rings (SSSR count). The first kappa shape index (κ1) is 39.9. The van der Waals surface area contributed by atoms with Crippen molar-refractivity contribution in [2.24, 2.45) is 10.2 Å². The number of aromatic nitrogens is 4. The molecule has 4 N–H and O–H groups in total. The van der Waals surface area contributed by atoms with Gasteiger partial charge in [-0.05, 0) is 26.2 Å². The molecule has 290 valence electrons. The Bertz CT molecular complexity index is 1960. The molecule has 0 spiro atoms. The highest BCUT2D eigenvalue weighted by molar-refractivity contribution is 6.32. The van der Waals surface area contributed by atoms with Gasteiger partial charge in [-0.25, -0.2) is 19.9 Å². The monoisotopic (exact) mass is 783 g/mol. The SMILES string of the molecule is CN1CCN(CCNc2nc(-c3ccccc3)nc(Cl)c2N)CC1.CN1CCN(CCNc2nc(-c3ccccc3)nc(Cl)c2N=Nc2ccccc2)CC1.[HH]. The second kappa shape index (κ2) is 20.2. The van der Waals surface area contributed by atoms with E-state index in [4.69, 9.17) is 33.9 Å². The first-order valence-electron chi connectivity index (χ1n) is 18.6. The van der Waals surface area contributed by atoms with Gasteiger partial charge in [-0.15, -0.1) is 5.11 Å². The van der Waals surface area contributed by atoms with E-state index in [9.17, 15) is 0 Å². The predicted molar refractivity (Wildman–Crippen MR) is 227 cm³/mol. The van der Waals surface area contributed by atoms with Gasteiger partial charge in [0.25, 0.3) is 0 Å². The maximum atomic E-state index is 6.53. The van der Waals surface area contributed by atoms with Crippen molar-refractivity contribution in [2.45, 2.75) is 0 Å². The van der Waals surface area contributed by atoms with E-state index in [1.165, 1.54) is 0 Å². The van der Waals surface area contributed by atoms with E-state index >= 15 is 0 Å². The summed E-state index contributed by atoms with van der Waals surface area (Å²) >= 11 is 12.7. The van der Waals surface area contributed by atoms with Crippen molar-refractivity contribution >= 4 is 51.9 Å². The van der Waals surface area contributed by atoms with E-state index in [0.29, 0.717) is 34.7 Å². The van der Waals surface area contributed by atoms with Crippen LogP contribution in [-0.4, -0.2) is 132 Å². The van der Waals surface area contributed by atoms with Gasteiger partial charge in [-0.3, -0.25) is 9.80 Å². The third-order valence-electron chi connectivity index (χ3n) is 9.46. The number of likely N-dealkylation sites (N-methyl/N-ethyl adjacent to an activating group) is 2. The van der Waals surface area contributed by atoms with Crippen molar-refractivity contribution in [1.82, 2.24) is 39.5 Å². The van der Waals surface area contributed by atoms with Crippen molar-refractivity contribution in [3.8, 4) is 22.8 Å². The highest BCUT2D eigenvalue weighted by atomic mass is 35.5. The fourth-order valence-corrected chi connectivity index (χ4v) is 6.44. The summed E-state index contributed by atoms with van der Waals surface area (Å²) in [7, 11) is 4.32. The van der Waals surface area contributed by atoms with Crippen LogP contribution < -0.4 is 16.4 Å². The highest BCUT2D eigenvalue weighted by Crippen LogP contribution is 2.34. The summed E-state index contributed by atoms with van der Waals surface area (Å²) in [4.78, 5) is 27.6. The van der Waals surface area contributed by atoms with E-state index in [-0.39, 0.29) is 11.7 Å².